The molecule has 11 nitrogen and oxygen atoms in total. The molecule has 3 N–H and O–H groups in total. The number of hydrogen-bond donors (Lipinski definition) is 3. The molecular formula is C17H28N5O6P. The fraction of sp³-hybridized carbons (Fsp3) is 0.647. The van der Waals surface area contributed by atoms with Crippen molar-refractivity contribution < 1.29 is 28.7 Å². The number of imidazole rings is 1. The predicted octanol–water partition coefficient (Wildman–Crippen LogP) is 2.00. The molecule has 1 amide bonds. The first-order valence-electron chi connectivity index (χ1n) is 9.56. The van der Waals surface area contributed by atoms with Gasteiger partial charge in [0, 0.05) is 0 Å². The lowest BCUT2D eigenvalue weighted by molar-refractivity contribution is 0.0294. The van der Waals surface area contributed by atoms with Crippen LogP contribution >= 0.6 is 7.60 Å². The van der Waals surface area contributed by atoms with E-state index in [2.05, 4.69) is 27.4 Å². The van der Waals surface area contributed by atoms with Gasteiger partial charge in [0.05, 0.1) is 25.6 Å². The van der Waals surface area contributed by atoms with Crippen molar-refractivity contribution in [3.05, 3.63) is 18.3 Å². The molecule has 0 radical (unpaired) electrons. The van der Waals surface area contributed by atoms with Crippen LogP contribution in [0.5, 0.6) is 0 Å². The Hall–Kier alpha value is -1.91. The lowest BCUT2D eigenvalue weighted by Gasteiger charge is -2.14. The zero-order valence-electron chi connectivity index (χ0n) is 16.7. The molecule has 0 spiro atoms. The highest BCUT2D eigenvalue weighted by Gasteiger charge is 2.19. The highest BCUT2D eigenvalue weighted by Crippen LogP contribution is 2.34. The minimum Gasteiger partial charge on any atom is -0.364 e. The molecule has 0 saturated carbocycles. The van der Waals surface area contributed by atoms with E-state index in [1.54, 1.807) is 11.5 Å². The molecule has 0 aliphatic carbocycles. The average molecular weight is 429 g/mol. The Morgan fingerprint density at radius 3 is 2.72 bits per heavy atom. The topological polar surface area (TPSA) is 149 Å². The average Bonchev–Trinajstić information content (AvgIpc) is 3.08. The summed E-state index contributed by atoms with van der Waals surface area (Å²) in [6.45, 7) is 4.50. The maximum absolute atomic E-state index is 12.4. The van der Waals surface area contributed by atoms with Gasteiger partial charge in [0.25, 0.3) is 5.91 Å². The monoisotopic (exact) mass is 429 g/mol. The van der Waals surface area contributed by atoms with Gasteiger partial charge >= 0.3 is 7.60 Å². The molecule has 12 heteroatoms. The van der Waals surface area contributed by atoms with Gasteiger partial charge in [0.15, 0.2) is 11.3 Å². The van der Waals surface area contributed by atoms with Gasteiger partial charge in [-0.05, 0) is 13.3 Å². The van der Waals surface area contributed by atoms with Crippen molar-refractivity contribution in [2.45, 2.75) is 58.6 Å². The number of carbonyl (C=O) groups excluding carboxylic acids is 1. The summed E-state index contributed by atoms with van der Waals surface area (Å²) in [6.07, 6.45) is 6.98. The van der Waals surface area contributed by atoms with Crippen LogP contribution in [0.3, 0.4) is 0 Å². The van der Waals surface area contributed by atoms with E-state index in [0.29, 0.717) is 17.8 Å². The molecule has 2 aromatic heterocycles. The number of hydroxylamine groups is 1. The van der Waals surface area contributed by atoms with Gasteiger partial charge in [0.1, 0.15) is 18.2 Å². The van der Waals surface area contributed by atoms with E-state index in [9.17, 15) is 9.36 Å². The summed E-state index contributed by atoms with van der Waals surface area (Å²) in [6, 6.07) is 0. The number of amides is 1. The van der Waals surface area contributed by atoms with Crippen LogP contribution in [-0.2, 0) is 20.7 Å². The van der Waals surface area contributed by atoms with Gasteiger partial charge in [-0.1, -0.05) is 32.6 Å². The molecular weight excluding hydrogens is 401 g/mol. The summed E-state index contributed by atoms with van der Waals surface area (Å²) in [5.74, 6) is -0.512. The summed E-state index contributed by atoms with van der Waals surface area (Å²) >= 11 is 0. The maximum atomic E-state index is 12.4. The minimum absolute atomic E-state index is 0.0866. The standard InChI is InChI=1S/C17H28N5O6P/c1-3-4-5-6-7-8-28-21-17(23)15-14-16(19-10-18-15)22(11-20-14)9-13(2)27-12-29(24,25)26/h10-11,13H,3-9,12H2,1-2H3,(H,21,23)(H2,24,25,26)/t13-/m1/s1. The summed E-state index contributed by atoms with van der Waals surface area (Å²) in [5, 5.41) is 0. The third-order valence-electron chi connectivity index (χ3n) is 4.11. The van der Waals surface area contributed by atoms with Crippen molar-refractivity contribution in [2.75, 3.05) is 13.0 Å². The molecule has 0 aliphatic heterocycles. The number of unbranched alkanes of at least 4 members (excludes halogenated alkanes) is 4. The van der Waals surface area contributed by atoms with Crippen molar-refractivity contribution in [1.82, 2.24) is 25.0 Å². The number of nitrogens with one attached hydrogen (secondary N) is 1. The highest BCUT2D eigenvalue weighted by molar-refractivity contribution is 7.51. The van der Waals surface area contributed by atoms with E-state index in [1.165, 1.54) is 25.5 Å². The number of ether oxygens (including phenoxy) is 1. The summed E-state index contributed by atoms with van der Waals surface area (Å²) in [5.41, 5.74) is 3.18. The molecule has 1 atom stereocenters. The second-order valence-corrected chi connectivity index (χ2v) is 8.34. The molecule has 2 aromatic rings. The first kappa shape index (κ1) is 23.4. The SMILES string of the molecule is CCCCCCCONC(=O)c1ncnc2c1ncn2C[C@@H](C)OCP(=O)(O)O. The Labute approximate surface area is 169 Å². The molecule has 29 heavy (non-hydrogen) atoms. The smallest absolute Gasteiger partial charge is 0.350 e. The Bertz CT molecular complexity index is 839. The molecule has 162 valence electrons. The number of rotatable bonds is 13. The van der Waals surface area contributed by atoms with Gasteiger partial charge in [-0.2, -0.15) is 0 Å². The first-order chi connectivity index (χ1) is 13.8. The van der Waals surface area contributed by atoms with Gasteiger partial charge in [0.2, 0.25) is 0 Å². The quantitative estimate of drug-likeness (QED) is 0.247. The summed E-state index contributed by atoms with van der Waals surface area (Å²) in [7, 11) is -4.24. The van der Waals surface area contributed by atoms with Crippen LogP contribution in [0.25, 0.3) is 11.2 Å². The molecule has 0 unspecified atom stereocenters. The predicted molar refractivity (Wildman–Crippen MR) is 105 cm³/mol. The Morgan fingerprint density at radius 2 is 2.00 bits per heavy atom. The van der Waals surface area contributed by atoms with E-state index in [4.69, 9.17) is 19.4 Å². The molecule has 0 fully saturated rings. The number of aromatic nitrogens is 4. The number of hydrogen-bond acceptors (Lipinski definition) is 7. The molecule has 0 aliphatic rings. The van der Waals surface area contributed by atoms with Crippen molar-refractivity contribution in [3.63, 3.8) is 0 Å². The van der Waals surface area contributed by atoms with Crippen molar-refractivity contribution >= 4 is 24.7 Å². The molecule has 0 aromatic carbocycles. The Balaban J connectivity index is 1.93. The van der Waals surface area contributed by atoms with Crippen LogP contribution in [0.15, 0.2) is 12.7 Å². The molecule has 2 rings (SSSR count). The zero-order valence-corrected chi connectivity index (χ0v) is 17.5. The Kier molecular flexibility index (Phi) is 9.12. The normalized spacial score (nSPS) is 13.0. The van der Waals surface area contributed by atoms with Crippen LogP contribution in [0.4, 0.5) is 0 Å². The van der Waals surface area contributed by atoms with Crippen molar-refractivity contribution in [2.24, 2.45) is 0 Å². The molecule has 0 bridgehead atoms. The summed E-state index contributed by atoms with van der Waals surface area (Å²) in [4.78, 5) is 47.7. The van der Waals surface area contributed by atoms with Crippen LogP contribution < -0.4 is 5.48 Å². The van der Waals surface area contributed by atoms with E-state index < -0.39 is 26.0 Å². The fourth-order valence-corrected chi connectivity index (χ4v) is 3.13. The molecule has 2 heterocycles. The highest BCUT2D eigenvalue weighted by atomic mass is 31.2. The Morgan fingerprint density at radius 1 is 1.24 bits per heavy atom. The van der Waals surface area contributed by atoms with Crippen LogP contribution in [0, 0.1) is 0 Å². The lowest BCUT2D eigenvalue weighted by atomic mass is 10.2. The second kappa shape index (κ2) is 11.3. The third kappa shape index (κ3) is 7.79. The second-order valence-electron chi connectivity index (χ2n) is 6.76. The minimum atomic E-state index is -4.24. The van der Waals surface area contributed by atoms with Crippen molar-refractivity contribution in [1.29, 1.82) is 0 Å². The van der Waals surface area contributed by atoms with Crippen molar-refractivity contribution in [3.8, 4) is 0 Å². The molecule has 0 saturated heterocycles. The number of fused-ring (bicyclic) bond motifs is 1. The number of carbonyl (C=O) groups is 1. The van der Waals surface area contributed by atoms with Gasteiger partial charge in [-0.15, -0.1) is 0 Å². The van der Waals surface area contributed by atoms with Crippen LogP contribution in [-0.4, -0.2) is 54.3 Å². The van der Waals surface area contributed by atoms with E-state index in [-0.39, 0.29) is 12.2 Å². The lowest BCUT2D eigenvalue weighted by Crippen LogP contribution is -2.25. The van der Waals surface area contributed by atoms with Gasteiger partial charge in [-0.25, -0.2) is 20.4 Å². The fourth-order valence-electron chi connectivity index (χ4n) is 2.68. The van der Waals surface area contributed by atoms with E-state index in [0.717, 1.165) is 19.3 Å². The van der Waals surface area contributed by atoms with Crippen LogP contribution in [0.2, 0.25) is 0 Å². The van der Waals surface area contributed by atoms with Gasteiger partial charge in [-0.3, -0.25) is 14.2 Å². The van der Waals surface area contributed by atoms with Gasteiger partial charge < -0.3 is 19.1 Å². The van der Waals surface area contributed by atoms with Crippen LogP contribution in [0.1, 0.15) is 56.4 Å². The van der Waals surface area contributed by atoms with E-state index >= 15 is 0 Å². The third-order valence-corrected chi connectivity index (χ3v) is 4.60. The first-order valence-corrected chi connectivity index (χ1v) is 11.4. The largest absolute Gasteiger partial charge is 0.364 e. The zero-order chi connectivity index (χ0) is 21.3. The maximum Gasteiger partial charge on any atom is 0.350 e. The summed E-state index contributed by atoms with van der Waals surface area (Å²) < 4.78 is 17.7. The van der Waals surface area contributed by atoms with E-state index in [1.807, 2.05) is 0 Å². The number of nitrogens with zero attached hydrogens (tertiary/aromatic N) is 4.